The predicted octanol–water partition coefficient (Wildman–Crippen LogP) is 14.5. The molecule has 0 spiro atoms. The van der Waals surface area contributed by atoms with Crippen molar-refractivity contribution < 1.29 is 0 Å². The number of hydrogen-bond acceptors (Lipinski definition) is 5. The Labute approximate surface area is 375 Å². The van der Waals surface area contributed by atoms with E-state index in [0.29, 0.717) is 17.5 Å². The van der Waals surface area contributed by atoms with Crippen LogP contribution in [0, 0.1) is 5.41 Å². The molecule has 7 heteroatoms. The average Bonchev–Trinajstić information content (AvgIpc) is 3.90. The van der Waals surface area contributed by atoms with Crippen LogP contribution in [0.1, 0.15) is 5.56 Å². The number of benzene rings is 9. The molecule has 9 aromatic carbocycles. The number of para-hydroxylation sites is 3. The molecule has 306 valence electrons. The minimum atomic E-state index is 0.598. The molecule has 0 aliphatic rings. The van der Waals surface area contributed by atoms with E-state index in [2.05, 4.69) is 190 Å². The Balaban J connectivity index is 0.949. The number of aromatic nitrogens is 5. The quantitative estimate of drug-likeness (QED) is 0.142. The first kappa shape index (κ1) is 37.8. The number of anilines is 2. The third-order valence-corrected chi connectivity index (χ3v) is 12.3. The molecule has 0 saturated heterocycles. The number of fused-ring (bicyclic) bond motifs is 6. The fourth-order valence-corrected chi connectivity index (χ4v) is 9.24. The maximum Gasteiger partial charge on any atom is 0.164 e. The summed E-state index contributed by atoms with van der Waals surface area (Å²) in [5, 5.41) is 17.0. The lowest BCUT2D eigenvalue weighted by Gasteiger charge is -2.14. The van der Waals surface area contributed by atoms with Gasteiger partial charge in [-0.3, -0.25) is 0 Å². The lowest BCUT2D eigenvalue weighted by molar-refractivity contribution is 1.07. The third-order valence-electron chi connectivity index (χ3n) is 12.3. The van der Waals surface area contributed by atoms with Gasteiger partial charge in [0.1, 0.15) is 0 Å². The number of hydrogen-bond donors (Lipinski definition) is 2. The van der Waals surface area contributed by atoms with E-state index in [-0.39, 0.29) is 0 Å². The lowest BCUT2D eigenvalue weighted by Crippen LogP contribution is -2.01. The second kappa shape index (κ2) is 15.8. The van der Waals surface area contributed by atoms with E-state index < -0.39 is 0 Å². The van der Waals surface area contributed by atoms with Crippen LogP contribution in [-0.4, -0.2) is 30.3 Å². The molecule has 0 amide bonds. The van der Waals surface area contributed by atoms with Gasteiger partial charge < -0.3 is 19.9 Å². The molecule has 0 radical (unpaired) electrons. The summed E-state index contributed by atoms with van der Waals surface area (Å²) in [6.07, 6.45) is 1.47. The van der Waals surface area contributed by atoms with Gasteiger partial charge in [-0.2, -0.15) is 0 Å². The molecule has 7 nitrogen and oxygen atoms in total. The van der Waals surface area contributed by atoms with Crippen molar-refractivity contribution in [2.45, 2.75) is 0 Å². The largest absolute Gasteiger partial charge is 0.355 e. The van der Waals surface area contributed by atoms with Crippen molar-refractivity contribution in [2.75, 3.05) is 5.32 Å². The zero-order chi connectivity index (χ0) is 43.3. The van der Waals surface area contributed by atoms with Gasteiger partial charge in [0.2, 0.25) is 0 Å². The first-order chi connectivity index (χ1) is 32.2. The highest BCUT2D eigenvalue weighted by Gasteiger charge is 2.19. The van der Waals surface area contributed by atoms with Crippen molar-refractivity contribution in [3.05, 3.63) is 224 Å². The fraction of sp³-hybridized carbons (Fsp3) is 0. The number of nitrogens with zero attached hydrogens (tertiary/aromatic N) is 5. The highest BCUT2D eigenvalue weighted by Crippen LogP contribution is 2.39. The van der Waals surface area contributed by atoms with Crippen LogP contribution in [0.15, 0.2) is 218 Å². The monoisotopic (exact) mass is 833 g/mol. The molecule has 0 aliphatic carbocycles. The molecule has 12 rings (SSSR count). The van der Waals surface area contributed by atoms with Gasteiger partial charge in [-0.25, -0.2) is 15.0 Å². The van der Waals surface area contributed by atoms with Gasteiger partial charge in [0.15, 0.2) is 17.5 Å². The standard InChI is InChI=1S/C58H39N7/c59-37-50-51(33-32-48-46-23-10-13-26-53(46)65(55(48)50)44-20-8-3-9-21-44)60-43-31-34-54-49(36-43)47-24-11-12-25-52(47)64(54)45-22-14-19-42(35-45)58-62-56(40-17-6-2-7-18-40)61-57(63-58)41-29-27-39(28-30-41)38-15-4-1-5-16-38/h1-37,59-60H. The van der Waals surface area contributed by atoms with Gasteiger partial charge in [-0.05, 0) is 71.8 Å². The summed E-state index contributed by atoms with van der Waals surface area (Å²) in [4.78, 5) is 15.2. The van der Waals surface area contributed by atoms with Gasteiger partial charge in [-0.15, -0.1) is 0 Å². The SMILES string of the molecule is N=Cc1c(Nc2ccc3c(c2)c2ccccc2n3-c2cccc(-c3nc(-c4ccccc4)nc(-c4ccc(-c5ccccc5)cc4)n3)c2)ccc2c3ccccc3n(-c3ccccc3)c12. The van der Waals surface area contributed by atoms with Gasteiger partial charge in [0.05, 0.1) is 22.1 Å². The van der Waals surface area contributed by atoms with Crippen LogP contribution < -0.4 is 5.32 Å². The molecule has 12 aromatic rings. The zero-order valence-corrected chi connectivity index (χ0v) is 35.1. The minimum Gasteiger partial charge on any atom is -0.355 e. The molecule has 65 heavy (non-hydrogen) atoms. The Kier molecular flexibility index (Phi) is 9.16. The molecule has 0 atom stereocenters. The van der Waals surface area contributed by atoms with E-state index >= 15 is 0 Å². The maximum atomic E-state index is 8.74. The summed E-state index contributed by atoms with van der Waals surface area (Å²) >= 11 is 0. The van der Waals surface area contributed by atoms with Gasteiger partial charge >= 0.3 is 0 Å². The van der Waals surface area contributed by atoms with Crippen LogP contribution in [0.2, 0.25) is 0 Å². The van der Waals surface area contributed by atoms with Gasteiger partial charge in [0.25, 0.3) is 0 Å². The molecule has 0 saturated carbocycles. The van der Waals surface area contributed by atoms with Crippen LogP contribution >= 0.6 is 0 Å². The van der Waals surface area contributed by atoms with Crippen molar-refractivity contribution in [1.82, 2.24) is 24.1 Å². The first-order valence-electron chi connectivity index (χ1n) is 21.7. The van der Waals surface area contributed by atoms with Crippen molar-refractivity contribution in [3.63, 3.8) is 0 Å². The fourth-order valence-electron chi connectivity index (χ4n) is 9.24. The Morgan fingerprint density at radius 1 is 0.369 bits per heavy atom. The van der Waals surface area contributed by atoms with Crippen LogP contribution in [0.5, 0.6) is 0 Å². The van der Waals surface area contributed by atoms with E-state index in [0.717, 1.165) is 99.7 Å². The Bertz CT molecular complexity index is 3740. The molecule has 2 N–H and O–H groups in total. The second-order valence-corrected chi connectivity index (χ2v) is 16.1. The van der Waals surface area contributed by atoms with Gasteiger partial charge in [-0.1, -0.05) is 158 Å². The van der Waals surface area contributed by atoms with Crippen LogP contribution in [0.3, 0.4) is 0 Å². The average molecular weight is 834 g/mol. The van der Waals surface area contributed by atoms with Crippen molar-refractivity contribution in [1.29, 1.82) is 5.41 Å². The summed E-state index contributed by atoms with van der Waals surface area (Å²) in [6.45, 7) is 0. The maximum absolute atomic E-state index is 8.74. The Hall–Kier alpha value is -8.94. The molecule has 0 fully saturated rings. The lowest BCUT2D eigenvalue weighted by atomic mass is 10.0. The van der Waals surface area contributed by atoms with Crippen LogP contribution in [-0.2, 0) is 0 Å². The van der Waals surface area contributed by atoms with E-state index in [1.165, 1.54) is 6.21 Å². The Morgan fingerprint density at radius 2 is 0.877 bits per heavy atom. The number of nitrogens with one attached hydrogen (secondary N) is 2. The molecule has 3 aromatic heterocycles. The smallest absolute Gasteiger partial charge is 0.164 e. The first-order valence-corrected chi connectivity index (χ1v) is 21.7. The van der Waals surface area contributed by atoms with Crippen LogP contribution in [0.4, 0.5) is 11.4 Å². The van der Waals surface area contributed by atoms with E-state index in [9.17, 15) is 0 Å². The second-order valence-electron chi connectivity index (χ2n) is 16.1. The molecule has 0 unspecified atom stereocenters. The molecule has 3 heterocycles. The summed E-state index contributed by atoms with van der Waals surface area (Å²) in [7, 11) is 0. The summed E-state index contributed by atoms with van der Waals surface area (Å²) < 4.78 is 4.58. The molecular weight excluding hydrogens is 795 g/mol. The number of rotatable bonds is 9. The summed E-state index contributed by atoms with van der Waals surface area (Å²) in [6, 6.07) is 75.5. The van der Waals surface area contributed by atoms with E-state index in [4.69, 9.17) is 20.4 Å². The van der Waals surface area contributed by atoms with E-state index in [1.54, 1.807) is 0 Å². The predicted molar refractivity (Wildman–Crippen MR) is 268 cm³/mol. The highest BCUT2D eigenvalue weighted by molar-refractivity contribution is 6.16. The third kappa shape index (κ3) is 6.62. The molecule has 0 aliphatic heterocycles. The summed E-state index contributed by atoms with van der Waals surface area (Å²) in [5.74, 6) is 1.83. The summed E-state index contributed by atoms with van der Waals surface area (Å²) in [5.41, 5.74) is 13.9. The zero-order valence-electron chi connectivity index (χ0n) is 35.1. The van der Waals surface area contributed by atoms with Crippen molar-refractivity contribution in [3.8, 4) is 56.7 Å². The Morgan fingerprint density at radius 3 is 1.57 bits per heavy atom. The minimum absolute atomic E-state index is 0.598. The van der Waals surface area contributed by atoms with Gasteiger partial charge in [0, 0.05) is 72.8 Å². The van der Waals surface area contributed by atoms with Crippen molar-refractivity contribution >= 4 is 61.2 Å². The normalized spacial score (nSPS) is 11.4. The van der Waals surface area contributed by atoms with E-state index in [1.807, 2.05) is 42.5 Å². The van der Waals surface area contributed by atoms with Crippen LogP contribution in [0.25, 0.3) is 100 Å². The topological polar surface area (TPSA) is 84.4 Å². The molecular formula is C58H39N7. The van der Waals surface area contributed by atoms with Crippen molar-refractivity contribution in [2.24, 2.45) is 0 Å². The highest BCUT2D eigenvalue weighted by atomic mass is 15.0. The molecule has 0 bridgehead atoms.